The van der Waals surface area contributed by atoms with Crippen molar-refractivity contribution in [2.75, 3.05) is 0 Å². The molecule has 0 unspecified atom stereocenters. The number of hydrogen-bond donors (Lipinski definition) is 0. The second kappa shape index (κ2) is 1.99. The van der Waals surface area contributed by atoms with Crippen molar-refractivity contribution in [3.63, 3.8) is 0 Å². The van der Waals surface area contributed by atoms with Crippen LogP contribution in [0.1, 0.15) is 0 Å². The Labute approximate surface area is 42.3 Å². The van der Waals surface area contributed by atoms with Crippen LogP contribution in [0.15, 0.2) is 18.2 Å². The van der Waals surface area contributed by atoms with Crippen LogP contribution in [0.5, 0.6) is 0 Å². The van der Waals surface area contributed by atoms with Crippen molar-refractivity contribution in [3.8, 4) is 0 Å². The number of halogens is 1. The zero-order valence-corrected chi connectivity index (χ0v) is 4.40. The molecule has 0 saturated heterocycles. The minimum Gasteiger partial charge on any atom is -0.261 e. The molecule has 0 radical (unpaired) electrons. The lowest BCUT2D eigenvalue weighted by Gasteiger charge is -1.77. The molecule has 0 amide bonds. The van der Waals surface area contributed by atoms with E-state index in [1.54, 1.807) is 12.0 Å². The summed E-state index contributed by atoms with van der Waals surface area (Å²) < 4.78 is 11.9. The highest BCUT2D eigenvalue weighted by atomic mass is 31.0. The lowest BCUT2D eigenvalue weighted by molar-refractivity contribution is 0.650. The number of nitrogens with zero attached hydrogens (tertiary/aromatic N) is 1. The molecular formula is C4H3FNP. The minimum atomic E-state index is -0.192. The highest BCUT2D eigenvalue weighted by molar-refractivity contribution is 7.28. The summed E-state index contributed by atoms with van der Waals surface area (Å²) in [5, 5.41) is 0. The quantitative estimate of drug-likeness (QED) is 0.502. The molecule has 0 aromatic carbocycles. The average Bonchev–Trinajstić information content (AvgIpc) is 1.69. The molecule has 0 saturated carbocycles. The third kappa shape index (κ3) is 1.20. The van der Waals surface area contributed by atoms with Crippen LogP contribution in [0.4, 0.5) is 4.39 Å². The Bertz CT molecular complexity index is 142. The van der Waals surface area contributed by atoms with E-state index in [4.69, 9.17) is 0 Å². The van der Waals surface area contributed by atoms with E-state index >= 15 is 0 Å². The van der Waals surface area contributed by atoms with Crippen molar-refractivity contribution in [1.29, 1.82) is 0 Å². The zero-order valence-electron chi connectivity index (χ0n) is 3.50. The molecule has 1 rings (SSSR count). The predicted octanol–water partition coefficient (Wildman–Crippen LogP) is 1.80. The van der Waals surface area contributed by atoms with Crippen molar-refractivity contribution < 1.29 is 4.39 Å². The monoisotopic (exact) mass is 115 g/mol. The normalized spacial score (nSPS) is 9.86. The van der Waals surface area contributed by atoms with E-state index in [9.17, 15) is 4.39 Å². The lowest BCUT2D eigenvalue weighted by Crippen LogP contribution is -1.64. The van der Waals surface area contributed by atoms with Crippen LogP contribution < -0.4 is 0 Å². The standard InChI is InChI=1S/C4H3FNP/c5-4-3-6-1-2-7-4/h1-3H. The summed E-state index contributed by atoms with van der Waals surface area (Å²) in [5.74, 6) is 1.65. The lowest BCUT2D eigenvalue weighted by atomic mass is 10.9. The molecule has 1 aromatic heterocycles. The van der Waals surface area contributed by atoms with Gasteiger partial charge in [0.05, 0.1) is 6.20 Å². The molecule has 3 heteroatoms. The van der Waals surface area contributed by atoms with Gasteiger partial charge in [0, 0.05) is 6.20 Å². The summed E-state index contributed by atoms with van der Waals surface area (Å²) in [6.45, 7) is 0. The van der Waals surface area contributed by atoms with Gasteiger partial charge in [0.25, 0.3) is 0 Å². The van der Waals surface area contributed by atoms with E-state index in [2.05, 4.69) is 4.98 Å². The molecule has 0 atom stereocenters. The highest BCUT2D eigenvalue weighted by Crippen LogP contribution is 2.05. The fourth-order valence-electron chi connectivity index (χ4n) is 0.281. The van der Waals surface area contributed by atoms with Gasteiger partial charge in [0.2, 0.25) is 0 Å². The third-order valence-corrected chi connectivity index (χ3v) is 1.18. The van der Waals surface area contributed by atoms with Gasteiger partial charge < -0.3 is 0 Å². The van der Waals surface area contributed by atoms with E-state index in [0.29, 0.717) is 8.19 Å². The molecule has 1 aromatic rings. The average molecular weight is 115 g/mol. The van der Waals surface area contributed by atoms with Crippen molar-refractivity contribution in [2.45, 2.75) is 0 Å². The summed E-state index contributed by atoms with van der Waals surface area (Å²) in [6, 6.07) is 0. The predicted molar refractivity (Wildman–Crippen MR) is 26.7 cm³/mol. The minimum absolute atomic E-state index is 0.192. The van der Waals surface area contributed by atoms with Gasteiger partial charge >= 0.3 is 0 Å². The van der Waals surface area contributed by atoms with Gasteiger partial charge in [0.1, 0.15) is 0 Å². The van der Waals surface area contributed by atoms with Crippen LogP contribution in [0.3, 0.4) is 0 Å². The Morgan fingerprint density at radius 3 is 2.86 bits per heavy atom. The smallest absolute Gasteiger partial charge is 0.167 e. The number of rotatable bonds is 0. The van der Waals surface area contributed by atoms with Gasteiger partial charge in [-0.25, -0.2) is 0 Å². The van der Waals surface area contributed by atoms with Crippen LogP contribution >= 0.6 is 8.19 Å². The first kappa shape index (κ1) is 4.66. The molecule has 0 aliphatic rings. The van der Waals surface area contributed by atoms with Gasteiger partial charge in [-0.15, -0.1) is 0 Å². The largest absolute Gasteiger partial charge is 0.261 e. The van der Waals surface area contributed by atoms with E-state index in [1.807, 2.05) is 0 Å². The Kier molecular flexibility index (Phi) is 1.32. The number of hydrogen-bond acceptors (Lipinski definition) is 1. The summed E-state index contributed by atoms with van der Waals surface area (Å²) in [7, 11) is 0.617. The van der Waals surface area contributed by atoms with Crippen LogP contribution in [0.25, 0.3) is 0 Å². The maximum atomic E-state index is 11.9. The summed E-state index contributed by atoms with van der Waals surface area (Å²) >= 11 is 0. The molecule has 0 aliphatic heterocycles. The topological polar surface area (TPSA) is 12.9 Å². The molecule has 0 fully saturated rings. The molecule has 0 spiro atoms. The first-order valence-electron chi connectivity index (χ1n) is 1.81. The molecule has 0 aliphatic carbocycles. The molecule has 7 heavy (non-hydrogen) atoms. The molecule has 1 heterocycles. The first-order valence-corrected chi connectivity index (χ1v) is 2.77. The molecular weight excluding hydrogens is 112 g/mol. The van der Waals surface area contributed by atoms with E-state index in [-0.39, 0.29) is 5.55 Å². The number of aromatic nitrogens is 1. The Hall–Kier alpha value is -0.490. The molecule has 0 bridgehead atoms. The fraction of sp³-hybridized carbons (Fsp3) is 0. The van der Waals surface area contributed by atoms with Crippen molar-refractivity contribution >= 4 is 8.19 Å². The van der Waals surface area contributed by atoms with E-state index in [1.165, 1.54) is 6.20 Å². The van der Waals surface area contributed by atoms with Crippen molar-refractivity contribution in [2.24, 2.45) is 0 Å². The van der Waals surface area contributed by atoms with Crippen LogP contribution in [0, 0.1) is 5.55 Å². The zero-order chi connectivity index (χ0) is 5.11. The fourth-order valence-corrected chi connectivity index (χ4v) is 0.700. The Morgan fingerprint density at radius 2 is 2.57 bits per heavy atom. The molecule has 36 valence electrons. The van der Waals surface area contributed by atoms with Crippen molar-refractivity contribution in [1.82, 2.24) is 4.98 Å². The van der Waals surface area contributed by atoms with Gasteiger partial charge in [-0.1, -0.05) is 0 Å². The van der Waals surface area contributed by atoms with Gasteiger partial charge in [0.15, 0.2) is 5.55 Å². The maximum Gasteiger partial charge on any atom is 0.167 e. The van der Waals surface area contributed by atoms with Crippen LogP contribution in [-0.2, 0) is 0 Å². The summed E-state index contributed by atoms with van der Waals surface area (Å²) in [6.07, 6.45) is 2.78. The van der Waals surface area contributed by atoms with Gasteiger partial charge in [-0.3, -0.25) is 4.98 Å². The highest BCUT2D eigenvalue weighted by Gasteiger charge is 1.79. The van der Waals surface area contributed by atoms with E-state index < -0.39 is 0 Å². The Balaban J connectivity index is 3.02. The second-order valence-electron chi connectivity index (χ2n) is 1.03. The molecule has 1 nitrogen and oxygen atoms in total. The summed E-state index contributed by atoms with van der Waals surface area (Å²) in [5.41, 5.74) is -0.192. The van der Waals surface area contributed by atoms with Crippen LogP contribution in [0.2, 0.25) is 0 Å². The Morgan fingerprint density at radius 1 is 1.71 bits per heavy atom. The van der Waals surface area contributed by atoms with Crippen molar-refractivity contribution in [3.05, 3.63) is 23.7 Å². The maximum absolute atomic E-state index is 11.9. The van der Waals surface area contributed by atoms with E-state index in [0.717, 1.165) is 0 Å². The summed E-state index contributed by atoms with van der Waals surface area (Å²) in [4.78, 5) is 3.53. The van der Waals surface area contributed by atoms with Gasteiger partial charge in [-0.2, -0.15) is 4.39 Å². The SMILES string of the molecule is Fc1cnccp1. The van der Waals surface area contributed by atoms with Crippen LogP contribution in [-0.4, -0.2) is 4.98 Å². The second-order valence-corrected chi connectivity index (χ2v) is 2.01. The third-order valence-electron chi connectivity index (χ3n) is 0.532. The van der Waals surface area contributed by atoms with Gasteiger partial charge in [-0.05, 0) is 14.0 Å². The first-order chi connectivity index (χ1) is 3.39. The molecule has 0 N–H and O–H groups in total.